The average Bonchev–Trinajstić information content (AvgIpc) is 3.58. The number of rotatable bonds is 4. The Hall–Kier alpha value is -2.56. The fraction of sp³-hybridized carbons (Fsp3) is 0.520. The molecule has 2 bridgehead atoms. The summed E-state index contributed by atoms with van der Waals surface area (Å²) < 4.78 is 2.41. The van der Waals surface area contributed by atoms with E-state index in [1.54, 1.807) is 0 Å². The van der Waals surface area contributed by atoms with Crippen LogP contribution in [0.15, 0.2) is 42.9 Å². The summed E-state index contributed by atoms with van der Waals surface area (Å²) in [5, 5.41) is 8.23. The molecule has 1 N–H and O–H groups in total. The van der Waals surface area contributed by atoms with Gasteiger partial charge in [-0.15, -0.1) is 0 Å². The first kappa shape index (κ1) is 18.2. The first-order chi connectivity index (χ1) is 14.8. The minimum atomic E-state index is 0.300. The minimum absolute atomic E-state index is 0.300. The molecule has 3 atom stereocenters. The van der Waals surface area contributed by atoms with Crippen LogP contribution in [0, 0.1) is 11.8 Å². The Labute approximate surface area is 177 Å². The summed E-state index contributed by atoms with van der Waals surface area (Å²) in [7, 11) is 0. The maximum atomic E-state index is 13.3. The third-order valence-corrected chi connectivity index (χ3v) is 7.91. The van der Waals surface area contributed by atoms with Gasteiger partial charge in [-0.2, -0.15) is 5.10 Å². The number of hydrogen-bond acceptors (Lipinski definition) is 2. The van der Waals surface area contributed by atoms with Crippen LogP contribution in [0.2, 0.25) is 0 Å². The van der Waals surface area contributed by atoms with Gasteiger partial charge in [0.2, 0.25) is 5.91 Å². The second-order valence-corrected chi connectivity index (χ2v) is 9.60. The molecule has 5 heteroatoms. The van der Waals surface area contributed by atoms with Crippen molar-refractivity contribution in [3.63, 3.8) is 0 Å². The van der Waals surface area contributed by atoms with Crippen molar-refractivity contribution in [2.45, 2.75) is 70.0 Å². The molecule has 2 aliphatic heterocycles. The highest BCUT2D eigenvalue weighted by atomic mass is 16.2. The lowest BCUT2D eigenvalue weighted by atomic mass is 9.88. The van der Waals surface area contributed by atoms with Crippen LogP contribution in [0.25, 0.3) is 22.0 Å². The third kappa shape index (κ3) is 2.98. The number of carbonyl (C=O) groups is 1. The number of nitrogens with zero attached hydrogens (tertiary/aromatic N) is 3. The summed E-state index contributed by atoms with van der Waals surface area (Å²) in [6, 6.07) is 9.82. The van der Waals surface area contributed by atoms with Crippen LogP contribution >= 0.6 is 0 Å². The van der Waals surface area contributed by atoms with Crippen molar-refractivity contribution in [1.29, 1.82) is 0 Å². The molecule has 3 aromatic rings. The molecule has 3 fully saturated rings. The first-order valence-electron chi connectivity index (χ1n) is 11.7. The van der Waals surface area contributed by atoms with Gasteiger partial charge < -0.3 is 9.47 Å². The third-order valence-electron chi connectivity index (χ3n) is 7.91. The lowest BCUT2D eigenvalue weighted by molar-refractivity contribution is -0.138. The first-order valence-corrected chi connectivity index (χ1v) is 11.7. The summed E-state index contributed by atoms with van der Waals surface area (Å²) in [5.41, 5.74) is 3.60. The van der Waals surface area contributed by atoms with Crippen LogP contribution in [0.5, 0.6) is 0 Å². The predicted molar refractivity (Wildman–Crippen MR) is 118 cm³/mol. The van der Waals surface area contributed by atoms with Gasteiger partial charge in [-0.1, -0.05) is 25.3 Å². The average molecular weight is 403 g/mol. The second kappa shape index (κ2) is 7.29. The van der Waals surface area contributed by atoms with Gasteiger partial charge in [-0.05, 0) is 61.8 Å². The van der Waals surface area contributed by atoms with Crippen molar-refractivity contribution in [2.24, 2.45) is 11.8 Å². The zero-order chi connectivity index (χ0) is 20.1. The van der Waals surface area contributed by atoms with E-state index in [4.69, 9.17) is 0 Å². The summed E-state index contributed by atoms with van der Waals surface area (Å²) in [5.74, 6) is 1.36. The molecule has 1 aliphatic carbocycles. The Morgan fingerprint density at radius 2 is 1.97 bits per heavy atom. The molecule has 1 amide bonds. The molecule has 0 spiro atoms. The Bertz CT molecular complexity index is 1050. The summed E-state index contributed by atoms with van der Waals surface area (Å²) in [6.45, 7) is 1.02. The molecule has 2 aromatic heterocycles. The molecule has 0 radical (unpaired) electrons. The number of H-pyrrole nitrogens is 1. The SMILES string of the molecule is O=C(C1CCCCC1)N1C2CC[C@H]1C(Cn1ccc3cc(-c4cn[nH]c4)ccc31)C2. The van der Waals surface area contributed by atoms with Crippen LogP contribution < -0.4 is 0 Å². The Balaban J connectivity index is 1.21. The quantitative estimate of drug-likeness (QED) is 0.668. The number of carbonyl (C=O) groups excluding carboxylic acids is 1. The minimum Gasteiger partial charge on any atom is -0.347 e. The maximum absolute atomic E-state index is 13.3. The highest BCUT2D eigenvalue weighted by Gasteiger charge is 2.49. The molecule has 156 valence electrons. The Morgan fingerprint density at radius 3 is 2.80 bits per heavy atom. The van der Waals surface area contributed by atoms with Crippen LogP contribution in [0.1, 0.15) is 51.4 Å². The molecular formula is C25H30N4O. The monoisotopic (exact) mass is 402 g/mol. The van der Waals surface area contributed by atoms with Crippen molar-refractivity contribution in [3.05, 3.63) is 42.9 Å². The fourth-order valence-electron chi connectivity index (χ4n) is 6.41. The summed E-state index contributed by atoms with van der Waals surface area (Å²) in [6.07, 6.45) is 15.6. The zero-order valence-electron chi connectivity index (χ0n) is 17.5. The van der Waals surface area contributed by atoms with E-state index in [9.17, 15) is 4.79 Å². The lowest BCUT2D eigenvalue weighted by Crippen LogP contribution is -2.41. The molecule has 1 aromatic carbocycles. The van der Waals surface area contributed by atoms with Gasteiger partial charge in [-0.25, -0.2) is 0 Å². The van der Waals surface area contributed by atoms with E-state index in [-0.39, 0.29) is 0 Å². The molecule has 2 saturated heterocycles. The summed E-state index contributed by atoms with van der Waals surface area (Å²) in [4.78, 5) is 15.6. The number of benzene rings is 1. The van der Waals surface area contributed by atoms with Gasteiger partial charge in [-0.3, -0.25) is 9.89 Å². The zero-order valence-corrected chi connectivity index (χ0v) is 17.5. The molecule has 3 aliphatic rings. The van der Waals surface area contributed by atoms with Gasteiger partial charge in [0, 0.05) is 53.4 Å². The van der Waals surface area contributed by atoms with E-state index in [2.05, 4.69) is 50.1 Å². The number of fused-ring (bicyclic) bond motifs is 3. The highest BCUT2D eigenvalue weighted by molar-refractivity contribution is 5.85. The van der Waals surface area contributed by atoms with Gasteiger partial charge in [0.05, 0.1) is 6.20 Å². The van der Waals surface area contributed by atoms with E-state index in [1.807, 2.05) is 12.4 Å². The van der Waals surface area contributed by atoms with Gasteiger partial charge in [0.25, 0.3) is 0 Å². The van der Waals surface area contributed by atoms with E-state index in [0.717, 1.165) is 24.9 Å². The van der Waals surface area contributed by atoms with Gasteiger partial charge >= 0.3 is 0 Å². The van der Waals surface area contributed by atoms with Crippen LogP contribution in [-0.2, 0) is 11.3 Å². The van der Waals surface area contributed by atoms with Gasteiger partial charge in [0.1, 0.15) is 0 Å². The largest absolute Gasteiger partial charge is 0.347 e. The van der Waals surface area contributed by atoms with Crippen LogP contribution in [0.4, 0.5) is 0 Å². The highest BCUT2D eigenvalue weighted by Crippen LogP contribution is 2.44. The maximum Gasteiger partial charge on any atom is 0.226 e. The van der Waals surface area contributed by atoms with Crippen molar-refractivity contribution < 1.29 is 4.79 Å². The van der Waals surface area contributed by atoms with E-state index < -0.39 is 0 Å². The molecule has 4 heterocycles. The van der Waals surface area contributed by atoms with E-state index >= 15 is 0 Å². The fourth-order valence-corrected chi connectivity index (χ4v) is 6.41. The van der Waals surface area contributed by atoms with Crippen molar-refractivity contribution in [2.75, 3.05) is 0 Å². The Kier molecular flexibility index (Phi) is 4.43. The van der Waals surface area contributed by atoms with E-state index in [1.165, 1.54) is 55.0 Å². The number of aromatic nitrogens is 3. The normalized spacial score (nSPS) is 26.7. The van der Waals surface area contributed by atoms with Crippen molar-refractivity contribution >= 4 is 16.8 Å². The van der Waals surface area contributed by atoms with Crippen molar-refractivity contribution in [1.82, 2.24) is 19.7 Å². The molecule has 30 heavy (non-hydrogen) atoms. The number of amides is 1. The molecule has 5 nitrogen and oxygen atoms in total. The number of hydrogen-bond donors (Lipinski definition) is 1. The Morgan fingerprint density at radius 1 is 1.07 bits per heavy atom. The molecule has 1 saturated carbocycles. The predicted octanol–water partition coefficient (Wildman–Crippen LogP) is 4.99. The molecular weight excluding hydrogens is 372 g/mol. The van der Waals surface area contributed by atoms with Crippen molar-refractivity contribution in [3.8, 4) is 11.1 Å². The van der Waals surface area contributed by atoms with Crippen LogP contribution in [-0.4, -0.2) is 37.7 Å². The smallest absolute Gasteiger partial charge is 0.226 e. The summed E-state index contributed by atoms with van der Waals surface area (Å²) >= 11 is 0. The molecule has 6 rings (SSSR count). The topological polar surface area (TPSA) is 53.9 Å². The van der Waals surface area contributed by atoms with Crippen LogP contribution in [0.3, 0.4) is 0 Å². The van der Waals surface area contributed by atoms with E-state index in [0.29, 0.717) is 29.8 Å². The standard InChI is InChI=1S/C25H30N4O/c30-25(17-4-2-1-3-5-17)29-22-7-9-24(29)20(13-22)16-28-11-10-19-12-18(6-8-23(19)28)21-14-26-27-15-21/h6,8,10-12,14-15,17,20,22,24H,1-5,7,9,13,16H2,(H,26,27)/t20?,22?,24-/m0/s1. The van der Waals surface area contributed by atoms with Gasteiger partial charge in [0.15, 0.2) is 0 Å². The molecule has 2 unspecified atom stereocenters. The number of aromatic amines is 1. The lowest BCUT2D eigenvalue weighted by Gasteiger charge is -2.30. The second-order valence-electron chi connectivity index (χ2n) is 9.60. The number of nitrogens with one attached hydrogen (secondary N) is 1.